The number of hydrogen-bond acceptors (Lipinski definition) is 6. The van der Waals surface area contributed by atoms with Crippen LogP contribution in [0.15, 0.2) is 22.7 Å². The number of nitrogens with one attached hydrogen (secondary N) is 1. The van der Waals surface area contributed by atoms with Crippen molar-refractivity contribution >= 4 is 5.91 Å². The van der Waals surface area contributed by atoms with Crippen LogP contribution in [0.5, 0.6) is 5.75 Å². The lowest BCUT2D eigenvalue weighted by atomic mass is 10.00. The van der Waals surface area contributed by atoms with E-state index in [2.05, 4.69) is 15.5 Å². The Morgan fingerprint density at radius 1 is 1.38 bits per heavy atom. The summed E-state index contributed by atoms with van der Waals surface area (Å²) >= 11 is 0. The van der Waals surface area contributed by atoms with Crippen molar-refractivity contribution in [3.63, 3.8) is 0 Å². The molecule has 1 amide bonds. The smallest absolute Gasteiger partial charge is 0.251 e. The van der Waals surface area contributed by atoms with Crippen LogP contribution in [0.4, 0.5) is 0 Å². The van der Waals surface area contributed by atoms with Gasteiger partial charge < -0.3 is 19.3 Å². The highest BCUT2D eigenvalue weighted by molar-refractivity contribution is 5.95. The van der Waals surface area contributed by atoms with Crippen LogP contribution in [0.25, 0.3) is 0 Å². The Kier molecular flexibility index (Phi) is 5.10. The van der Waals surface area contributed by atoms with Gasteiger partial charge >= 0.3 is 0 Å². The Hall–Kier alpha value is -2.41. The molecule has 0 unspecified atom stereocenters. The van der Waals surface area contributed by atoms with E-state index in [0.717, 1.165) is 37.4 Å². The first kappa shape index (κ1) is 16.4. The molecule has 128 valence electrons. The molecule has 7 nitrogen and oxygen atoms in total. The molecule has 1 aromatic carbocycles. The van der Waals surface area contributed by atoms with Crippen molar-refractivity contribution in [2.24, 2.45) is 0 Å². The van der Waals surface area contributed by atoms with Gasteiger partial charge in [0.2, 0.25) is 5.89 Å². The molecule has 0 spiro atoms. The monoisotopic (exact) mass is 331 g/mol. The first-order chi connectivity index (χ1) is 11.7. The van der Waals surface area contributed by atoms with E-state index in [-0.39, 0.29) is 18.4 Å². The lowest BCUT2D eigenvalue weighted by Gasteiger charge is -2.18. The fourth-order valence-corrected chi connectivity index (χ4v) is 2.73. The fourth-order valence-electron chi connectivity index (χ4n) is 2.73. The standard InChI is InChI=1S/C17H21N3O4/c1-11-9-13(22-2)3-4-14(11)17(21)18-10-15-19-16(20-24-15)12-5-7-23-8-6-12/h3-4,9,12H,5-8,10H2,1-2H3,(H,18,21). The van der Waals surface area contributed by atoms with E-state index in [1.807, 2.05) is 13.0 Å². The van der Waals surface area contributed by atoms with Crippen molar-refractivity contribution in [3.05, 3.63) is 41.0 Å². The van der Waals surface area contributed by atoms with Crippen LogP contribution in [-0.4, -0.2) is 36.4 Å². The zero-order valence-electron chi connectivity index (χ0n) is 13.9. The summed E-state index contributed by atoms with van der Waals surface area (Å²) in [5.74, 6) is 1.93. The van der Waals surface area contributed by atoms with Crippen molar-refractivity contribution in [1.82, 2.24) is 15.5 Å². The van der Waals surface area contributed by atoms with Crippen LogP contribution in [0.2, 0.25) is 0 Å². The van der Waals surface area contributed by atoms with E-state index < -0.39 is 0 Å². The van der Waals surface area contributed by atoms with Crippen molar-refractivity contribution in [3.8, 4) is 5.75 Å². The van der Waals surface area contributed by atoms with Gasteiger partial charge in [-0.25, -0.2) is 0 Å². The summed E-state index contributed by atoms with van der Waals surface area (Å²) in [6.07, 6.45) is 1.80. The maximum Gasteiger partial charge on any atom is 0.251 e. The Morgan fingerprint density at radius 2 is 2.17 bits per heavy atom. The molecule has 2 aromatic rings. The molecule has 2 heterocycles. The van der Waals surface area contributed by atoms with Crippen LogP contribution < -0.4 is 10.1 Å². The molecule has 1 saturated heterocycles. The maximum absolute atomic E-state index is 12.3. The second kappa shape index (κ2) is 7.44. The highest BCUT2D eigenvalue weighted by Crippen LogP contribution is 2.24. The number of rotatable bonds is 5. The number of ether oxygens (including phenoxy) is 2. The molecule has 24 heavy (non-hydrogen) atoms. The normalized spacial score (nSPS) is 15.2. The number of hydrogen-bond donors (Lipinski definition) is 1. The van der Waals surface area contributed by atoms with Crippen LogP contribution in [0.3, 0.4) is 0 Å². The van der Waals surface area contributed by atoms with Gasteiger partial charge in [0, 0.05) is 24.7 Å². The minimum Gasteiger partial charge on any atom is -0.497 e. The van der Waals surface area contributed by atoms with Crippen LogP contribution in [0.1, 0.15) is 46.4 Å². The minimum atomic E-state index is -0.180. The topological polar surface area (TPSA) is 86.5 Å². The molecule has 0 aliphatic carbocycles. The summed E-state index contributed by atoms with van der Waals surface area (Å²) in [4.78, 5) is 16.7. The van der Waals surface area contributed by atoms with Crippen molar-refractivity contribution < 1.29 is 18.8 Å². The number of amides is 1. The number of carbonyl (C=O) groups excluding carboxylic acids is 1. The molecule has 1 N–H and O–H groups in total. The van der Waals surface area contributed by atoms with Gasteiger partial charge in [-0.05, 0) is 43.5 Å². The number of benzene rings is 1. The molecular formula is C17H21N3O4. The molecule has 1 fully saturated rings. The first-order valence-electron chi connectivity index (χ1n) is 8.00. The van der Waals surface area contributed by atoms with Crippen molar-refractivity contribution in [2.75, 3.05) is 20.3 Å². The summed E-state index contributed by atoms with van der Waals surface area (Å²) in [6.45, 7) is 3.53. The maximum atomic E-state index is 12.3. The van der Waals surface area contributed by atoms with Gasteiger partial charge in [0.1, 0.15) is 5.75 Å². The lowest BCUT2D eigenvalue weighted by molar-refractivity contribution is 0.0830. The molecular weight excluding hydrogens is 310 g/mol. The molecule has 0 atom stereocenters. The third kappa shape index (κ3) is 3.73. The van der Waals surface area contributed by atoms with E-state index >= 15 is 0 Å². The Bertz CT molecular complexity index is 708. The van der Waals surface area contributed by atoms with Gasteiger partial charge in [-0.15, -0.1) is 0 Å². The molecule has 0 radical (unpaired) electrons. The Labute approximate surface area is 140 Å². The summed E-state index contributed by atoms with van der Waals surface area (Å²) in [5, 5.41) is 6.83. The van der Waals surface area contributed by atoms with Crippen molar-refractivity contribution in [2.45, 2.75) is 32.2 Å². The first-order valence-corrected chi connectivity index (χ1v) is 8.00. The van der Waals surface area contributed by atoms with Crippen molar-refractivity contribution in [1.29, 1.82) is 0 Å². The summed E-state index contributed by atoms with van der Waals surface area (Å²) in [5.41, 5.74) is 1.44. The van der Waals surface area contributed by atoms with E-state index in [1.54, 1.807) is 19.2 Å². The van der Waals surface area contributed by atoms with Gasteiger partial charge in [0.15, 0.2) is 5.82 Å². The summed E-state index contributed by atoms with van der Waals surface area (Å²) in [7, 11) is 1.60. The second-order valence-corrected chi connectivity index (χ2v) is 5.80. The van der Waals surface area contributed by atoms with Crippen LogP contribution >= 0.6 is 0 Å². The Morgan fingerprint density at radius 3 is 2.88 bits per heavy atom. The van der Waals surface area contributed by atoms with Gasteiger partial charge in [-0.1, -0.05) is 5.16 Å². The molecule has 0 saturated carbocycles. The van der Waals surface area contributed by atoms with E-state index in [1.165, 1.54) is 0 Å². The van der Waals surface area contributed by atoms with Gasteiger partial charge in [0.05, 0.1) is 13.7 Å². The number of carbonyl (C=O) groups is 1. The molecule has 3 rings (SSSR count). The largest absolute Gasteiger partial charge is 0.497 e. The number of nitrogens with zero attached hydrogens (tertiary/aromatic N) is 2. The molecule has 7 heteroatoms. The molecule has 1 aliphatic heterocycles. The zero-order chi connectivity index (χ0) is 16.9. The predicted octanol–water partition coefficient (Wildman–Crippen LogP) is 2.21. The van der Waals surface area contributed by atoms with Gasteiger partial charge in [-0.3, -0.25) is 4.79 Å². The van der Waals surface area contributed by atoms with E-state index in [4.69, 9.17) is 14.0 Å². The highest BCUT2D eigenvalue weighted by atomic mass is 16.5. The molecule has 0 bridgehead atoms. The Balaban J connectivity index is 1.59. The average molecular weight is 331 g/mol. The van der Waals surface area contributed by atoms with Crippen LogP contribution in [0, 0.1) is 6.92 Å². The summed E-state index contributed by atoms with van der Waals surface area (Å²) < 4.78 is 15.7. The lowest BCUT2D eigenvalue weighted by Crippen LogP contribution is -2.23. The van der Waals surface area contributed by atoms with E-state index in [0.29, 0.717) is 17.3 Å². The number of aromatic nitrogens is 2. The number of aryl methyl sites for hydroxylation is 1. The summed E-state index contributed by atoms with van der Waals surface area (Å²) in [6, 6.07) is 5.33. The number of methoxy groups -OCH3 is 1. The van der Waals surface area contributed by atoms with Gasteiger partial charge in [0.25, 0.3) is 5.91 Å². The molecule has 1 aromatic heterocycles. The SMILES string of the molecule is COc1ccc(C(=O)NCc2nc(C3CCOCC3)no2)c(C)c1. The second-order valence-electron chi connectivity index (χ2n) is 5.80. The van der Waals surface area contributed by atoms with Gasteiger partial charge in [-0.2, -0.15) is 4.98 Å². The van der Waals surface area contributed by atoms with Crippen LogP contribution in [-0.2, 0) is 11.3 Å². The predicted molar refractivity (Wildman–Crippen MR) is 86.0 cm³/mol. The third-order valence-electron chi connectivity index (χ3n) is 4.15. The van der Waals surface area contributed by atoms with E-state index in [9.17, 15) is 4.79 Å². The molecule has 1 aliphatic rings. The average Bonchev–Trinajstić information content (AvgIpc) is 3.09. The zero-order valence-corrected chi connectivity index (χ0v) is 13.9. The fraction of sp³-hybridized carbons (Fsp3) is 0.471. The highest BCUT2D eigenvalue weighted by Gasteiger charge is 2.21. The quantitative estimate of drug-likeness (QED) is 0.904. The minimum absolute atomic E-state index is 0.180. The third-order valence-corrected chi connectivity index (χ3v) is 4.15.